The van der Waals surface area contributed by atoms with Crippen molar-refractivity contribution < 1.29 is 51.4 Å². The molecular weight excluding hydrogens is 698 g/mol. The van der Waals surface area contributed by atoms with E-state index in [1.165, 1.54) is 18.2 Å². The van der Waals surface area contributed by atoms with Crippen LogP contribution in [-0.2, 0) is 48.6 Å². The smallest absolute Gasteiger partial charge is 0.332 e. The summed E-state index contributed by atoms with van der Waals surface area (Å²) in [4.78, 5) is 78.7. The Hall–Kier alpha value is -5.03. The number of nitrogens with zero attached hydrogens (tertiary/aromatic N) is 4. The monoisotopic (exact) mass is 757 g/mol. The molecule has 6 rings (SSSR count). The van der Waals surface area contributed by atoms with Crippen molar-refractivity contribution in [2.24, 2.45) is 0 Å². The molecule has 5 heterocycles. The van der Waals surface area contributed by atoms with Crippen molar-refractivity contribution in [1.29, 1.82) is 0 Å². The van der Waals surface area contributed by atoms with Gasteiger partial charge in [-0.15, -0.1) is 10.1 Å². The molecule has 1 unspecified atom stereocenters. The lowest BCUT2D eigenvalue weighted by atomic mass is 10.2. The van der Waals surface area contributed by atoms with Crippen molar-refractivity contribution in [2.75, 3.05) is 11.4 Å². The summed E-state index contributed by atoms with van der Waals surface area (Å²) in [5.41, 5.74) is 2.57. The summed E-state index contributed by atoms with van der Waals surface area (Å²) in [6.07, 6.45) is 11.6. The van der Waals surface area contributed by atoms with Crippen LogP contribution in [0.3, 0.4) is 0 Å². The van der Waals surface area contributed by atoms with E-state index in [2.05, 4.69) is 75.3 Å². The topological polar surface area (TPSA) is 210 Å². The van der Waals surface area contributed by atoms with E-state index in [1.807, 2.05) is 38.6 Å². The van der Waals surface area contributed by atoms with Crippen LogP contribution in [-0.4, -0.2) is 75.4 Å². The van der Waals surface area contributed by atoms with Crippen molar-refractivity contribution in [3.8, 4) is 0 Å². The van der Waals surface area contributed by atoms with E-state index in [1.54, 1.807) is 6.92 Å². The highest BCUT2D eigenvalue weighted by Gasteiger charge is 2.48. The van der Waals surface area contributed by atoms with Crippen LogP contribution in [0, 0.1) is 6.92 Å². The second-order valence-corrected chi connectivity index (χ2v) is 11.2. The largest absolute Gasteiger partial charge is 0.365 e. The van der Waals surface area contributed by atoms with Crippen LogP contribution < -0.4 is 10.2 Å². The van der Waals surface area contributed by atoms with Gasteiger partial charge in [0.2, 0.25) is 0 Å². The minimum Gasteiger partial charge on any atom is -0.365 e. The number of rotatable bonds is 7. The van der Waals surface area contributed by atoms with Gasteiger partial charge in [-0.3, -0.25) is 23.7 Å². The summed E-state index contributed by atoms with van der Waals surface area (Å²) >= 11 is 0. The Kier molecular flexibility index (Phi) is 27.6. The molecule has 0 saturated carbocycles. The van der Waals surface area contributed by atoms with Crippen molar-refractivity contribution in [2.45, 2.75) is 109 Å². The highest BCUT2D eigenvalue weighted by Crippen LogP contribution is 2.22. The molecule has 2 saturated heterocycles. The number of hydrogen-bond donors (Lipinski definition) is 2. The molecule has 0 bridgehead atoms. The lowest BCUT2D eigenvalue weighted by Crippen LogP contribution is -2.36. The molecule has 2 fully saturated rings. The van der Waals surface area contributed by atoms with E-state index in [0.717, 1.165) is 6.54 Å². The molecule has 1 aromatic rings. The van der Waals surface area contributed by atoms with Gasteiger partial charge >= 0.3 is 11.9 Å². The third-order valence-corrected chi connectivity index (χ3v) is 7.00. The Labute approximate surface area is 309 Å². The maximum absolute atomic E-state index is 11.3. The fourth-order valence-electron chi connectivity index (χ4n) is 3.08. The van der Waals surface area contributed by atoms with E-state index < -0.39 is 57.4 Å². The van der Waals surface area contributed by atoms with Gasteiger partial charge in [0.15, 0.2) is 5.25 Å². The van der Waals surface area contributed by atoms with Crippen LogP contribution in [0.2, 0.25) is 0 Å². The molecule has 16 nitrogen and oxygen atoms in total. The first-order valence-electron chi connectivity index (χ1n) is 15.2. The molecule has 4 amide bonds. The number of hydroxylamine groups is 4. The predicted molar refractivity (Wildman–Crippen MR) is 201 cm³/mol. The van der Waals surface area contributed by atoms with Gasteiger partial charge in [-0.1, -0.05) is 75.1 Å². The van der Waals surface area contributed by atoms with E-state index >= 15 is 0 Å². The fourth-order valence-corrected chi connectivity index (χ4v) is 3.79. The van der Waals surface area contributed by atoms with Gasteiger partial charge in [0.25, 0.3) is 33.7 Å². The fraction of sp³-hybridized carbons (Fsp3) is 0.486. The molecule has 1 aromatic carbocycles. The number of anilines is 1. The average Bonchev–Trinajstić information content (AvgIpc) is 3.92. The maximum Gasteiger partial charge on any atom is 0.332 e. The zero-order valence-electron chi connectivity index (χ0n) is 27.8. The number of carbonyl (C=O) groups is 6. The molecule has 0 aromatic heterocycles. The van der Waals surface area contributed by atoms with Gasteiger partial charge in [-0.2, -0.15) is 8.42 Å². The predicted octanol–water partition coefficient (Wildman–Crippen LogP) is 5.58. The van der Waals surface area contributed by atoms with Crippen LogP contribution >= 0.6 is 0 Å². The van der Waals surface area contributed by atoms with Gasteiger partial charge in [-0.05, 0) is 26.0 Å². The van der Waals surface area contributed by atoms with Crippen molar-refractivity contribution in [1.82, 2.24) is 20.3 Å². The van der Waals surface area contributed by atoms with Crippen LogP contribution in [0.1, 0.15) is 102 Å². The summed E-state index contributed by atoms with van der Waals surface area (Å²) < 4.78 is 30.1. The van der Waals surface area contributed by atoms with Gasteiger partial charge in [0, 0.05) is 75.1 Å². The third kappa shape index (κ3) is 20.6. The Morgan fingerprint density at radius 3 is 1.48 bits per heavy atom. The second kappa shape index (κ2) is 26.7. The maximum atomic E-state index is 11.3. The summed E-state index contributed by atoms with van der Waals surface area (Å²) in [7, 11) is -4.66. The van der Waals surface area contributed by atoms with Gasteiger partial charge in [-0.25, -0.2) is 9.59 Å². The van der Waals surface area contributed by atoms with E-state index in [-0.39, 0.29) is 60.5 Å². The summed E-state index contributed by atoms with van der Waals surface area (Å²) in [5.74, 6) is -4.54. The highest BCUT2D eigenvalue weighted by atomic mass is 32.2. The molecule has 17 heteroatoms. The number of hydrogen-bond acceptors (Lipinski definition) is 13. The Balaban J connectivity index is -0.000000287. The molecule has 296 valence electrons. The van der Waals surface area contributed by atoms with Crippen LogP contribution in [0.15, 0.2) is 61.5 Å². The highest BCUT2D eigenvalue weighted by molar-refractivity contribution is 7.87. The SMILES string of the molecule is C.C.C.C.C1=CN1.CC.CCC(=O)ON1C(=O)CC(S(=O)(=O)O)C1=O.CCC(=O)ON1C(=O)CCC1=O.CCN1C=C1.Cc1ccc(N2C=C2)cc1. The van der Waals surface area contributed by atoms with Crippen LogP contribution in [0.25, 0.3) is 0 Å². The van der Waals surface area contributed by atoms with Crippen molar-refractivity contribution in [3.05, 3.63) is 67.0 Å². The molecule has 1 atom stereocenters. The number of nitrogens with one attached hydrogen (secondary N) is 1. The zero-order chi connectivity index (χ0) is 36.4. The number of aryl methyl sites for hydroxylation is 1. The standard InChI is InChI=1S/C9H9N.C7H9NO7S.C7H9NO4.C4H7N.C2H3N.C2H6.4CH4/c1-8-2-4-9(5-3-8)10-6-7-10;1-2-6(10)15-8-5(9)3-4(7(8)11)16(12,13)14;1-2-7(11)12-8-5(9)3-4-6(8)10;1-2-5-3-4-5;1-2-3-1;1-2;;;;/h2-7H,1H3;4H,2-3H2,1H3,(H,12,13,14);2-4H2,1H3;3-4H,2H2,1H3;1-3H;1-2H3;4*1H4. The van der Waals surface area contributed by atoms with Crippen molar-refractivity contribution >= 4 is 51.4 Å². The van der Waals surface area contributed by atoms with E-state index in [4.69, 9.17) is 4.55 Å². The van der Waals surface area contributed by atoms with Crippen LogP contribution in [0.5, 0.6) is 0 Å². The van der Waals surface area contributed by atoms with E-state index in [0.29, 0.717) is 5.06 Å². The van der Waals surface area contributed by atoms with Crippen LogP contribution in [0.4, 0.5) is 5.69 Å². The molecule has 0 aliphatic carbocycles. The molecule has 0 radical (unpaired) electrons. The molecule has 5 aliphatic rings. The summed E-state index contributed by atoms with van der Waals surface area (Å²) in [5, 5.41) is 1.49. The number of carbonyl (C=O) groups excluding carboxylic acids is 6. The molecular formula is C35H59N5O11S. The lowest BCUT2D eigenvalue weighted by molar-refractivity contribution is -0.197. The first-order valence-corrected chi connectivity index (χ1v) is 16.7. The van der Waals surface area contributed by atoms with Gasteiger partial charge in [0.1, 0.15) is 0 Å². The summed E-state index contributed by atoms with van der Waals surface area (Å²) in [6, 6.07) is 8.48. The number of amides is 4. The normalized spacial score (nSPS) is 15.8. The molecule has 52 heavy (non-hydrogen) atoms. The quantitative estimate of drug-likeness (QED) is 0.257. The average molecular weight is 758 g/mol. The first-order chi connectivity index (χ1) is 22.7. The third-order valence-electron chi connectivity index (χ3n) is 5.91. The Morgan fingerprint density at radius 1 is 0.769 bits per heavy atom. The van der Waals surface area contributed by atoms with Crippen molar-refractivity contribution in [3.63, 3.8) is 0 Å². The lowest BCUT2D eigenvalue weighted by Gasteiger charge is -2.12. The number of benzene rings is 1. The zero-order valence-corrected chi connectivity index (χ0v) is 28.6. The second-order valence-electron chi connectivity index (χ2n) is 9.62. The number of imide groups is 2. The Bertz CT molecular complexity index is 1460. The summed E-state index contributed by atoms with van der Waals surface area (Å²) in [6.45, 7) is 12.4. The first kappa shape index (κ1) is 53.8. The van der Waals surface area contributed by atoms with E-state index in [9.17, 15) is 37.2 Å². The Morgan fingerprint density at radius 2 is 1.19 bits per heavy atom. The minimum atomic E-state index is -4.66. The molecule has 0 spiro atoms. The minimum absolute atomic E-state index is 0. The molecule has 5 aliphatic heterocycles. The molecule has 2 N–H and O–H groups in total. The van der Waals surface area contributed by atoms with Gasteiger partial charge < -0.3 is 24.8 Å². The van der Waals surface area contributed by atoms with Gasteiger partial charge in [0.05, 0.1) is 6.42 Å².